The van der Waals surface area contributed by atoms with Gasteiger partial charge in [0.25, 0.3) is 0 Å². The molecule has 1 rings (SSSR count). The van der Waals surface area contributed by atoms with Gasteiger partial charge in [0.2, 0.25) is 0 Å². The fourth-order valence-electron chi connectivity index (χ4n) is 0.779. The third kappa shape index (κ3) is 2.54. The number of halogens is 2. The molecule has 12 heavy (non-hydrogen) atoms. The maximum Gasteiger partial charge on any atom is 0.125 e. The Hall–Kier alpha value is -1.04. The highest BCUT2D eigenvalue weighted by Gasteiger charge is 1.95. The summed E-state index contributed by atoms with van der Waals surface area (Å²) in [5, 5.41) is 0.344. The Morgan fingerprint density at radius 1 is 1.42 bits per heavy atom. The van der Waals surface area contributed by atoms with Gasteiger partial charge in [0.05, 0.1) is 6.54 Å². The molecule has 0 aliphatic rings. The molecule has 0 radical (unpaired) electrons. The first-order chi connectivity index (χ1) is 5.72. The van der Waals surface area contributed by atoms with Crippen LogP contribution in [-0.4, -0.2) is 6.54 Å². The highest BCUT2D eigenvalue weighted by molar-refractivity contribution is 6.30. The summed E-state index contributed by atoms with van der Waals surface area (Å²) in [4.78, 5) is 0. The summed E-state index contributed by atoms with van der Waals surface area (Å²) in [5.41, 5.74) is 5.70. The van der Waals surface area contributed by atoms with Crippen molar-refractivity contribution >= 4 is 11.6 Å². The van der Waals surface area contributed by atoms with E-state index in [0.29, 0.717) is 10.6 Å². The summed E-state index contributed by atoms with van der Waals surface area (Å²) < 4.78 is 12.7. The summed E-state index contributed by atoms with van der Waals surface area (Å²) in [6, 6.07) is 4.14. The predicted octanol–water partition coefficient (Wildman–Crippen LogP) is 1.79. The minimum atomic E-state index is -0.385. The average Bonchev–Trinajstić information content (AvgIpc) is 1.99. The Bertz CT molecular complexity index is 318. The van der Waals surface area contributed by atoms with E-state index in [0.717, 1.165) is 0 Å². The second-order valence-corrected chi connectivity index (χ2v) is 2.60. The molecule has 0 saturated carbocycles. The molecule has 0 unspecified atom stereocenters. The molecular formula is C9H7ClFN. The maximum atomic E-state index is 12.7. The lowest BCUT2D eigenvalue weighted by molar-refractivity contribution is 0.627. The van der Waals surface area contributed by atoms with Gasteiger partial charge in [-0.3, -0.25) is 0 Å². The van der Waals surface area contributed by atoms with Crippen LogP contribution in [-0.2, 0) is 0 Å². The van der Waals surface area contributed by atoms with E-state index in [9.17, 15) is 4.39 Å². The van der Waals surface area contributed by atoms with Crippen molar-refractivity contribution in [3.8, 4) is 11.8 Å². The second kappa shape index (κ2) is 4.10. The molecule has 0 spiro atoms. The van der Waals surface area contributed by atoms with Crippen LogP contribution in [0.1, 0.15) is 5.56 Å². The monoisotopic (exact) mass is 183 g/mol. The van der Waals surface area contributed by atoms with Gasteiger partial charge in [-0.25, -0.2) is 4.39 Å². The molecule has 0 aromatic heterocycles. The number of rotatable bonds is 0. The van der Waals surface area contributed by atoms with E-state index in [1.807, 2.05) is 0 Å². The van der Waals surface area contributed by atoms with E-state index in [1.54, 1.807) is 6.07 Å². The van der Waals surface area contributed by atoms with E-state index >= 15 is 0 Å². The third-order valence-electron chi connectivity index (χ3n) is 1.20. The zero-order valence-corrected chi connectivity index (χ0v) is 7.03. The molecule has 0 aliphatic heterocycles. The van der Waals surface area contributed by atoms with Gasteiger partial charge in [0.15, 0.2) is 0 Å². The SMILES string of the molecule is NCC#Cc1cc(F)cc(Cl)c1. The van der Waals surface area contributed by atoms with Crippen LogP contribution in [0.3, 0.4) is 0 Å². The average molecular weight is 184 g/mol. The summed E-state index contributed by atoms with van der Waals surface area (Å²) in [5.74, 6) is 4.91. The van der Waals surface area contributed by atoms with Crippen molar-refractivity contribution in [2.45, 2.75) is 0 Å². The van der Waals surface area contributed by atoms with Gasteiger partial charge in [-0.05, 0) is 18.2 Å². The molecule has 0 saturated heterocycles. The third-order valence-corrected chi connectivity index (χ3v) is 1.42. The molecule has 1 nitrogen and oxygen atoms in total. The summed E-state index contributed by atoms with van der Waals surface area (Å²) in [6.45, 7) is 0.258. The number of nitrogens with two attached hydrogens (primary N) is 1. The van der Waals surface area contributed by atoms with Crippen LogP contribution in [0, 0.1) is 17.7 Å². The number of hydrogen-bond acceptors (Lipinski definition) is 1. The minimum absolute atomic E-state index is 0.258. The zero-order chi connectivity index (χ0) is 8.97. The Morgan fingerprint density at radius 2 is 2.17 bits per heavy atom. The highest BCUT2D eigenvalue weighted by Crippen LogP contribution is 2.12. The lowest BCUT2D eigenvalue weighted by Crippen LogP contribution is -1.93. The van der Waals surface area contributed by atoms with Crippen LogP contribution in [0.25, 0.3) is 0 Å². The highest BCUT2D eigenvalue weighted by atomic mass is 35.5. The van der Waals surface area contributed by atoms with E-state index in [1.165, 1.54) is 12.1 Å². The van der Waals surface area contributed by atoms with Gasteiger partial charge in [0.1, 0.15) is 5.82 Å². The van der Waals surface area contributed by atoms with Crippen LogP contribution in [0.4, 0.5) is 4.39 Å². The van der Waals surface area contributed by atoms with Gasteiger partial charge in [0, 0.05) is 10.6 Å². The van der Waals surface area contributed by atoms with E-state index in [2.05, 4.69) is 11.8 Å². The first-order valence-electron chi connectivity index (χ1n) is 3.37. The Balaban J connectivity index is 3.01. The largest absolute Gasteiger partial charge is 0.320 e. The molecule has 0 atom stereocenters. The number of hydrogen-bond donors (Lipinski definition) is 1. The Labute approximate surface area is 75.3 Å². The van der Waals surface area contributed by atoms with Crippen LogP contribution in [0.2, 0.25) is 5.02 Å². The van der Waals surface area contributed by atoms with Crippen LogP contribution < -0.4 is 5.73 Å². The standard InChI is InChI=1S/C9H7ClFN/c10-8-4-7(2-1-3-12)5-9(11)6-8/h4-6H,3,12H2. The van der Waals surface area contributed by atoms with Gasteiger partial charge >= 0.3 is 0 Å². The van der Waals surface area contributed by atoms with Gasteiger partial charge in [-0.1, -0.05) is 23.4 Å². The fourth-order valence-corrected chi connectivity index (χ4v) is 1.00. The molecule has 3 heteroatoms. The molecule has 0 bridgehead atoms. The van der Waals surface area contributed by atoms with Crippen molar-refractivity contribution in [1.29, 1.82) is 0 Å². The van der Waals surface area contributed by atoms with Crippen molar-refractivity contribution in [2.75, 3.05) is 6.54 Å². The molecule has 0 aliphatic carbocycles. The van der Waals surface area contributed by atoms with E-state index < -0.39 is 0 Å². The van der Waals surface area contributed by atoms with Crippen molar-refractivity contribution in [3.63, 3.8) is 0 Å². The smallest absolute Gasteiger partial charge is 0.125 e. The molecule has 1 aromatic carbocycles. The molecule has 1 aromatic rings. The maximum absolute atomic E-state index is 12.7. The van der Waals surface area contributed by atoms with E-state index in [-0.39, 0.29) is 12.4 Å². The van der Waals surface area contributed by atoms with Crippen molar-refractivity contribution in [3.05, 3.63) is 34.6 Å². The normalized spacial score (nSPS) is 8.92. The topological polar surface area (TPSA) is 26.0 Å². The summed E-state index contributed by atoms with van der Waals surface area (Å²) >= 11 is 5.59. The van der Waals surface area contributed by atoms with Gasteiger partial charge < -0.3 is 5.73 Å². The van der Waals surface area contributed by atoms with Crippen molar-refractivity contribution < 1.29 is 4.39 Å². The molecule has 2 N–H and O–H groups in total. The van der Waals surface area contributed by atoms with Crippen LogP contribution in [0.15, 0.2) is 18.2 Å². The van der Waals surface area contributed by atoms with Crippen molar-refractivity contribution in [2.24, 2.45) is 5.73 Å². The quantitative estimate of drug-likeness (QED) is 0.610. The lowest BCUT2D eigenvalue weighted by Gasteiger charge is -1.92. The molecule has 62 valence electrons. The lowest BCUT2D eigenvalue weighted by atomic mass is 10.2. The zero-order valence-electron chi connectivity index (χ0n) is 6.27. The fraction of sp³-hybridized carbons (Fsp3) is 0.111. The molecule has 0 amide bonds. The van der Waals surface area contributed by atoms with Gasteiger partial charge in [-0.2, -0.15) is 0 Å². The van der Waals surface area contributed by atoms with Crippen molar-refractivity contribution in [1.82, 2.24) is 0 Å². The van der Waals surface area contributed by atoms with Gasteiger partial charge in [-0.15, -0.1) is 0 Å². The predicted molar refractivity (Wildman–Crippen MR) is 47.3 cm³/mol. The molecule has 0 heterocycles. The number of benzene rings is 1. The Kier molecular flexibility index (Phi) is 3.09. The summed E-state index contributed by atoms with van der Waals surface area (Å²) in [7, 11) is 0. The Morgan fingerprint density at radius 3 is 2.75 bits per heavy atom. The molecule has 0 fully saturated rings. The van der Waals surface area contributed by atoms with E-state index in [4.69, 9.17) is 17.3 Å². The molecular weight excluding hydrogens is 177 g/mol. The first kappa shape index (κ1) is 9.05. The van der Waals surface area contributed by atoms with Crippen LogP contribution >= 0.6 is 11.6 Å². The second-order valence-electron chi connectivity index (χ2n) is 2.16. The summed E-state index contributed by atoms with van der Waals surface area (Å²) in [6.07, 6.45) is 0. The minimum Gasteiger partial charge on any atom is -0.320 e. The van der Waals surface area contributed by atoms with Crippen LogP contribution in [0.5, 0.6) is 0 Å². The first-order valence-corrected chi connectivity index (χ1v) is 3.75.